The van der Waals surface area contributed by atoms with E-state index in [1.54, 1.807) is 12.1 Å². The second-order valence-electron chi connectivity index (χ2n) is 5.39. The van der Waals surface area contributed by atoms with Crippen LogP contribution < -0.4 is 4.90 Å². The van der Waals surface area contributed by atoms with Crippen LogP contribution in [0.15, 0.2) is 58.8 Å². The monoisotopic (exact) mass is 298 g/mol. The first-order chi connectivity index (χ1) is 10.8. The minimum atomic E-state index is 0.317. The first-order valence-corrected chi connectivity index (χ1v) is 7.51. The third-order valence-electron chi connectivity index (χ3n) is 3.74. The Balaban J connectivity index is 1.73. The van der Waals surface area contributed by atoms with Gasteiger partial charge in [0.15, 0.2) is 0 Å². The van der Waals surface area contributed by atoms with Crippen molar-refractivity contribution in [2.45, 2.75) is 6.54 Å². The summed E-state index contributed by atoms with van der Waals surface area (Å²) in [5.41, 5.74) is 2.47. The number of phenols is 1. The van der Waals surface area contributed by atoms with Crippen LogP contribution in [-0.4, -0.2) is 31.4 Å². The smallest absolute Gasteiger partial charge is 0.124 e. The SMILES string of the molecule is Oc1ccc(N=Nc2ccccc2)cc1C[NH+]1CCOCC1. The lowest BCUT2D eigenvalue weighted by molar-refractivity contribution is -0.921. The molecule has 1 aliphatic heterocycles. The molecule has 0 aliphatic carbocycles. The Bertz CT molecular complexity index is 638. The summed E-state index contributed by atoms with van der Waals surface area (Å²) in [6, 6.07) is 15.0. The highest BCUT2D eigenvalue weighted by molar-refractivity contribution is 5.47. The van der Waals surface area contributed by atoms with Crippen LogP contribution in [0.4, 0.5) is 11.4 Å². The van der Waals surface area contributed by atoms with E-state index in [1.807, 2.05) is 36.4 Å². The van der Waals surface area contributed by atoms with E-state index in [1.165, 1.54) is 4.90 Å². The zero-order chi connectivity index (χ0) is 15.2. The Morgan fingerprint density at radius 1 is 0.955 bits per heavy atom. The first-order valence-electron chi connectivity index (χ1n) is 7.51. The fourth-order valence-electron chi connectivity index (χ4n) is 2.49. The highest BCUT2D eigenvalue weighted by atomic mass is 16.5. The zero-order valence-corrected chi connectivity index (χ0v) is 12.4. The number of aromatic hydroxyl groups is 1. The van der Waals surface area contributed by atoms with Crippen LogP contribution in [0.5, 0.6) is 5.75 Å². The lowest BCUT2D eigenvalue weighted by Crippen LogP contribution is -3.12. The molecule has 0 aromatic heterocycles. The lowest BCUT2D eigenvalue weighted by atomic mass is 10.1. The normalized spacial score (nSPS) is 16.2. The Morgan fingerprint density at radius 3 is 2.45 bits per heavy atom. The summed E-state index contributed by atoms with van der Waals surface area (Å²) in [4.78, 5) is 1.42. The van der Waals surface area contributed by atoms with Crippen LogP contribution >= 0.6 is 0 Å². The number of quaternary nitrogens is 1. The van der Waals surface area contributed by atoms with Crippen molar-refractivity contribution >= 4 is 11.4 Å². The standard InChI is InChI=1S/C17H19N3O2/c21-17-7-6-16(19-18-15-4-2-1-3-5-15)12-14(17)13-20-8-10-22-11-9-20/h1-7,12,21H,8-11,13H2/p+1. The van der Waals surface area contributed by atoms with Gasteiger partial charge in [-0.2, -0.15) is 10.2 Å². The second-order valence-corrected chi connectivity index (χ2v) is 5.39. The molecule has 0 spiro atoms. The molecule has 2 aromatic carbocycles. The number of phenolic OH excluding ortho intramolecular Hbond substituents is 1. The number of azo groups is 1. The number of benzene rings is 2. The third kappa shape index (κ3) is 3.90. The van der Waals surface area contributed by atoms with E-state index in [2.05, 4.69) is 10.2 Å². The second kappa shape index (κ2) is 7.15. The number of morpholine rings is 1. The molecule has 0 unspecified atom stereocenters. The zero-order valence-electron chi connectivity index (χ0n) is 12.4. The van der Waals surface area contributed by atoms with Crippen LogP contribution in [0.1, 0.15) is 5.56 Å². The van der Waals surface area contributed by atoms with Crippen LogP contribution in [-0.2, 0) is 11.3 Å². The van der Waals surface area contributed by atoms with Crippen molar-refractivity contribution in [3.63, 3.8) is 0 Å². The van der Waals surface area contributed by atoms with Crippen molar-refractivity contribution in [3.05, 3.63) is 54.1 Å². The average molecular weight is 298 g/mol. The molecule has 0 amide bonds. The molecule has 1 heterocycles. The van der Waals surface area contributed by atoms with E-state index < -0.39 is 0 Å². The van der Waals surface area contributed by atoms with E-state index in [0.717, 1.165) is 49.8 Å². The summed E-state index contributed by atoms with van der Waals surface area (Å²) in [7, 11) is 0. The summed E-state index contributed by atoms with van der Waals surface area (Å²) >= 11 is 0. The number of nitrogens with zero attached hydrogens (tertiary/aromatic N) is 2. The molecule has 0 radical (unpaired) electrons. The van der Waals surface area contributed by atoms with Crippen molar-refractivity contribution < 1.29 is 14.7 Å². The molecular weight excluding hydrogens is 278 g/mol. The van der Waals surface area contributed by atoms with E-state index in [4.69, 9.17) is 4.74 Å². The van der Waals surface area contributed by atoms with E-state index in [0.29, 0.717) is 5.75 Å². The van der Waals surface area contributed by atoms with Gasteiger partial charge in [0.2, 0.25) is 0 Å². The molecule has 2 N–H and O–H groups in total. The Labute approximate surface area is 129 Å². The van der Waals surface area contributed by atoms with Gasteiger partial charge in [-0.3, -0.25) is 0 Å². The van der Waals surface area contributed by atoms with Crippen molar-refractivity contribution in [3.8, 4) is 5.75 Å². The van der Waals surface area contributed by atoms with Gasteiger partial charge >= 0.3 is 0 Å². The van der Waals surface area contributed by atoms with Gasteiger partial charge in [-0.05, 0) is 30.3 Å². The molecule has 5 nitrogen and oxygen atoms in total. The fourth-order valence-corrected chi connectivity index (χ4v) is 2.49. The maximum Gasteiger partial charge on any atom is 0.124 e. The Morgan fingerprint density at radius 2 is 1.68 bits per heavy atom. The summed E-state index contributed by atoms with van der Waals surface area (Å²) in [6.07, 6.45) is 0. The Hall–Kier alpha value is -2.24. The average Bonchev–Trinajstić information content (AvgIpc) is 2.57. The quantitative estimate of drug-likeness (QED) is 0.850. The minimum absolute atomic E-state index is 0.317. The molecule has 22 heavy (non-hydrogen) atoms. The molecule has 1 aliphatic rings. The van der Waals surface area contributed by atoms with Crippen molar-refractivity contribution in [1.29, 1.82) is 0 Å². The summed E-state index contributed by atoms with van der Waals surface area (Å²) in [5.74, 6) is 0.317. The number of hydrogen-bond donors (Lipinski definition) is 2. The number of nitrogens with one attached hydrogen (secondary N) is 1. The number of rotatable bonds is 4. The van der Waals surface area contributed by atoms with Crippen LogP contribution in [0, 0.1) is 0 Å². The predicted octanol–water partition coefficient (Wildman–Crippen LogP) is 2.22. The summed E-state index contributed by atoms with van der Waals surface area (Å²) in [5, 5.41) is 18.5. The molecule has 2 aromatic rings. The van der Waals surface area contributed by atoms with Gasteiger partial charge in [0.05, 0.1) is 30.2 Å². The molecule has 5 heteroatoms. The predicted molar refractivity (Wildman–Crippen MR) is 83.9 cm³/mol. The molecule has 1 fully saturated rings. The largest absolute Gasteiger partial charge is 0.507 e. The fraction of sp³-hybridized carbons (Fsp3) is 0.294. The highest BCUT2D eigenvalue weighted by Crippen LogP contribution is 2.24. The van der Waals surface area contributed by atoms with E-state index in [9.17, 15) is 5.11 Å². The van der Waals surface area contributed by atoms with Crippen LogP contribution in [0.2, 0.25) is 0 Å². The lowest BCUT2D eigenvalue weighted by Gasteiger charge is -2.24. The van der Waals surface area contributed by atoms with Gasteiger partial charge in [0, 0.05) is 0 Å². The van der Waals surface area contributed by atoms with Crippen molar-refractivity contribution in [1.82, 2.24) is 0 Å². The molecular formula is C17H20N3O2+. The van der Waals surface area contributed by atoms with Gasteiger partial charge < -0.3 is 14.7 Å². The van der Waals surface area contributed by atoms with Gasteiger partial charge in [-0.15, -0.1) is 0 Å². The van der Waals surface area contributed by atoms with E-state index >= 15 is 0 Å². The van der Waals surface area contributed by atoms with Gasteiger partial charge in [-0.1, -0.05) is 18.2 Å². The number of hydrogen-bond acceptors (Lipinski definition) is 4. The van der Waals surface area contributed by atoms with E-state index in [-0.39, 0.29) is 0 Å². The maximum atomic E-state index is 10.0. The van der Waals surface area contributed by atoms with Gasteiger partial charge in [-0.25, -0.2) is 0 Å². The van der Waals surface area contributed by atoms with Gasteiger partial charge in [0.1, 0.15) is 25.4 Å². The molecule has 0 bridgehead atoms. The van der Waals surface area contributed by atoms with Crippen LogP contribution in [0.3, 0.4) is 0 Å². The third-order valence-corrected chi connectivity index (χ3v) is 3.74. The molecule has 3 rings (SSSR count). The Kier molecular flexibility index (Phi) is 4.78. The molecule has 0 atom stereocenters. The van der Waals surface area contributed by atoms with Gasteiger partial charge in [0.25, 0.3) is 0 Å². The van der Waals surface area contributed by atoms with Crippen LogP contribution in [0.25, 0.3) is 0 Å². The van der Waals surface area contributed by atoms with Crippen molar-refractivity contribution in [2.24, 2.45) is 10.2 Å². The maximum absolute atomic E-state index is 10.0. The highest BCUT2D eigenvalue weighted by Gasteiger charge is 2.16. The topological polar surface area (TPSA) is 58.6 Å². The molecule has 0 saturated carbocycles. The van der Waals surface area contributed by atoms with Crippen molar-refractivity contribution in [2.75, 3.05) is 26.3 Å². The molecule has 114 valence electrons. The summed E-state index contributed by atoms with van der Waals surface area (Å²) in [6.45, 7) is 4.28. The minimum Gasteiger partial charge on any atom is -0.507 e. The number of ether oxygens (including phenoxy) is 1. The molecule has 1 saturated heterocycles. The first kappa shape index (κ1) is 14.7. The summed E-state index contributed by atoms with van der Waals surface area (Å²) < 4.78 is 5.36.